The van der Waals surface area contributed by atoms with Gasteiger partial charge in [-0.25, -0.2) is 0 Å². The second kappa shape index (κ2) is 7.35. The summed E-state index contributed by atoms with van der Waals surface area (Å²) in [6, 6.07) is 7.93. The van der Waals surface area contributed by atoms with Crippen molar-refractivity contribution in [2.24, 2.45) is 10.7 Å². The molecule has 106 valence electrons. The molecule has 1 aromatic rings. The highest BCUT2D eigenvalue weighted by atomic mass is 127. The van der Waals surface area contributed by atoms with Crippen molar-refractivity contribution in [3.8, 4) is 0 Å². The van der Waals surface area contributed by atoms with Crippen LogP contribution in [0.3, 0.4) is 0 Å². The molecule has 0 aromatic heterocycles. The smallest absolute Gasteiger partial charge is 0.193 e. The number of nitrogens with one attached hydrogen (secondary N) is 1. The maximum absolute atomic E-state index is 10.1. The summed E-state index contributed by atoms with van der Waals surface area (Å²) < 4.78 is 0. The average molecular weight is 393 g/mol. The average Bonchev–Trinajstić information content (AvgIpc) is 2.74. The van der Waals surface area contributed by atoms with Crippen LogP contribution in [0, 0.1) is 6.92 Å². The number of nitrogens with two attached hydrogens (primary N) is 1. The van der Waals surface area contributed by atoms with Crippen LogP contribution >= 0.6 is 35.7 Å². The van der Waals surface area contributed by atoms with E-state index in [1.807, 2.05) is 31.2 Å². The highest BCUT2D eigenvalue weighted by Gasteiger charge is 2.31. The third kappa shape index (κ3) is 5.19. The minimum absolute atomic E-state index is 0. The van der Waals surface area contributed by atoms with Gasteiger partial charge in [-0.05, 0) is 36.8 Å². The Morgan fingerprint density at radius 1 is 1.58 bits per heavy atom. The van der Waals surface area contributed by atoms with Crippen molar-refractivity contribution < 1.29 is 5.11 Å². The standard InChI is InChI=1S/C13H19N3OS.HI/c1-10-3-2-4-11(7-10)16-12(14)15-8-13(17)5-6-18-9-13;/h2-4,7,17H,5-6,8-9H2,1H3,(H3,14,15,16);1H. The molecule has 19 heavy (non-hydrogen) atoms. The highest BCUT2D eigenvalue weighted by Crippen LogP contribution is 2.27. The van der Waals surface area contributed by atoms with E-state index in [1.54, 1.807) is 11.8 Å². The molecule has 2 rings (SSSR count). The van der Waals surface area contributed by atoms with Gasteiger partial charge in [0.1, 0.15) is 0 Å². The molecule has 6 heteroatoms. The summed E-state index contributed by atoms with van der Waals surface area (Å²) in [5.41, 5.74) is 7.22. The van der Waals surface area contributed by atoms with E-state index in [1.165, 1.54) is 5.56 Å². The summed E-state index contributed by atoms with van der Waals surface area (Å²) in [6.45, 7) is 2.39. The summed E-state index contributed by atoms with van der Waals surface area (Å²) in [6.07, 6.45) is 0.791. The molecular weight excluding hydrogens is 373 g/mol. The predicted octanol–water partition coefficient (Wildman–Crippen LogP) is 2.21. The maximum Gasteiger partial charge on any atom is 0.193 e. The number of halogens is 1. The monoisotopic (exact) mass is 393 g/mol. The lowest BCUT2D eigenvalue weighted by molar-refractivity contribution is 0.0780. The van der Waals surface area contributed by atoms with Crippen LogP contribution in [0.25, 0.3) is 0 Å². The van der Waals surface area contributed by atoms with Crippen molar-refractivity contribution >= 4 is 47.4 Å². The Kier molecular flexibility index (Phi) is 6.41. The van der Waals surface area contributed by atoms with Crippen LogP contribution in [0.15, 0.2) is 29.3 Å². The number of nitrogens with zero attached hydrogens (tertiary/aromatic N) is 1. The third-order valence-electron chi connectivity index (χ3n) is 2.92. The molecule has 1 aromatic carbocycles. The first kappa shape index (κ1) is 16.6. The Morgan fingerprint density at radius 2 is 2.37 bits per heavy atom. The SMILES string of the molecule is Cc1cccc(NC(N)=NCC2(O)CCSC2)c1.I. The number of hydrogen-bond acceptors (Lipinski definition) is 3. The maximum atomic E-state index is 10.1. The zero-order chi connectivity index (χ0) is 13.0. The van der Waals surface area contributed by atoms with E-state index in [-0.39, 0.29) is 24.0 Å². The molecule has 0 amide bonds. The fourth-order valence-electron chi connectivity index (χ4n) is 1.86. The van der Waals surface area contributed by atoms with E-state index in [0.717, 1.165) is 23.6 Å². The molecule has 0 saturated carbocycles. The van der Waals surface area contributed by atoms with Gasteiger partial charge >= 0.3 is 0 Å². The van der Waals surface area contributed by atoms with Crippen LogP contribution in [0.2, 0.25) is 0 Å². The van der Waals surface area contributed by atoms with Gasteiger partial charge in [-0.2, -0.15) is 11.8 Å². The van der Waals surface area contributed by atoms with Crippen LogP contribution in [0.1, 0.15) is 12.0 Å². The Balaban J connectivity index is 0.00000180. The Hall–Kier alpha value is -0.470. The minimum atomic E-state index is -0.677. The molecule has 4 nitrogen and oxygen atoms in total. The molecule has 1 heterocycles. The fourth-order valence-corrected chi connectivity index (χ4v) is 3.15. The lowest BCUT2D eigenvalue weighted by atomic mass is 10.1. The van der Waals surface area contributed by atoms with Gasteiger partial charge in [0.05, 0.1) is 12.1 Å². The van der Waals surface area contributed by atoms with Gasteiger partial charge in [0, 0.05) is 11.4 Å². The summed E-state index contributed by atoms with van der Waals surface area (Å²) in [4.78, 5) is 4.22. The zero-order valence-corrected chi connectivity index (χ0v) is 14.1. The van der Waals surface area contributed by atoms with Crippen molar-refractivity contribution in [3.63, 3.8) is 0 Å². The molecule has 0 spiro atoms. The molecule has 1 aliphatic rings. The molecular formula is C13H20IN3OS. The number of guanidine groups is 1. The van der Waals surface area contributed by atoms with E-state index in [2.05, 4.69) is 10.3 Å². The van der Waals surface area contributed by atoms with Gasteiger partial charge in [0.15, 0.2) is 5.96 Å². The van der Waals surface area contributed by atoms with Gasteiger partial charge in [-0.3, -0.25) is 4.99 Å². The molecule has 1 aliphatic heterocycles. The number of rotatable bonds is 3. The minimum Gasteiger partial charge on any atom is -0.387 e. The Bertz CT molecular complexity index is 447. The number of aliphatic imine (C=N–C) groups is 1. The summed E-state index contributed by atoms with van der Waals surface area (Å²) >= 11 is 1.76. The van der Waals surface area contributed by atoms with Crippen molar-refractivity contribution in [1.29, 1.82) is 0 Å². The van der Waals surface area contributed by atoms with Crippen molar-refractivity contribution in [3.05, 3.63) is 29.8 Å². The lowest BCUT2D eigenvalue weighted by Gasteiger charge is -2.18. The first-order valence-corrected chi connectivity index (χ1v) is 7.17. The van der Waals surface area contributed by atoms with Gasteiger partial charge in [0.2, 0.25) is 0 Å². The van der Waals surface area contributed by atoms with Crippen LogP contribution in [-0.2, 0) is 0 Å². The molecule has 0 aliphatic carbocycles. The summed E-state index contributed by atoms with van der Waals surface area (Å²) in [7, 11) is 0. The van der Waals surface area contributed by atoms with Crippen molar-refractivity contribution in [1.82, 2.24) is 0 Å². The van der Waals surface area contributed by atoms with Gasteiger partial charge < -0.3 is 16.2 Å². The van der Waals surface area contributed by atoms with E-state index in [9.17, 15) is 5.11 Å². The fraction of sp³-hybridized carbons (Fsp3) is 0.462. The Morgan fingerprint density at radius 3 is 3.00 bits per heavy atom. The topological polar surface area (TPSA) is 70.6 Å². The van der Waals surface area contributed by atoms with Crippen LogP contribution < -0.4 is 11.1 Å². The number of benzene rings is 1. The van der Waals surface area contributed by atoms with E-state index < -0.39 is 5.60 Å². The van der Waals surface area contributed by atoms with Crippen LogP contribution in [0.5, 0.6) is 0 Å². The summed E-state index contributed by atoms with van der Waals surface area (Å²) in [5, 5.41) is 13.2. The number of anilines is 1. The highest BCUT2D eigenvalue weighted by molar-refractivity contribution is 14.0. The molecule has 1 atom stereocenters. The number of hydrogen-bond donors (Lipinski definition) is 3. The molecule has 1 unspecified atom stereocenters. The predicted molar refractivity (Wildman–Crippen MR) is 93.6 cm³/mol. The molecule has 0 bridgehead atoms. The molecule has 4 N–H and O–H groups in total. The molecule has 1 fully saturated rings. The van der Waals surface area contributed by atoms with E-state index >= 15 is 0 Å². The zero-order valence-electron chi connectivity index (χ0n) is 10.9. The largest absolute Gasteiger partial charge is 0.387 e. The second-order valence-corrected chi connectivity index (χ2v) is 5.83. The number of thioether (sulfide) groups is 1. The quantitative estimate of drug-likeness (QED) is 0.419. The van der Waals surface area contributed by atoms with Gasteiger partial charge in [-0.1, -0.05) is 12.1 Å². The number of aryl methyl sites for hydroxylation is 1. The third-order valence-corrected chi connectivity index (χ3v) is 4.15. The lowest BCUT2D eigenvalue weighted by Crippen LogP contribution is -2.34. The molecule has 1 saturated heterocycles. The van der Waals surface area contributed by atoms with Crippen molar-refractivity contribution in [2.75, 3.05) is 23.4 Å². The van der Waals surface area contributed by atoms with E-state index in [4.69, 9.17) is 5.73 Å². The normalized spacial score (nSPS) is 22.9. The van der Waals surface area contributed by atoms with Crippen LogP contribution in [0.4, 0.5) is 5.69 Å². The van der Waals surface area contributed by atoms with Gasteiger partial charge in [0.25, 0.3) is 0 Å². The Labute approximate surface area is 135 Å². The summed E-state index contributed by atoms with van der Waals surface area (Å²) in [5.74, 6) is 2.09. The number of aliphatic hydroxyl groups is 1. The first-order valence-electron chi connectivity index (χ1n) is 6.01. The second-order valence-electron chi connectivity index (χ2n) is 4.72. The first-order chi connectivity index (χ1) is 8.57. The van der Waals surface area contributed by atoms with E-state index in [0.29, 0.717) is 12.5 Å². The molecule has 0 radical (unpaired) electrons. The van der Waals surface area contributed by atoms with Gasteiger partial charge in [-0.15, -0.1) is 24.0 Å². The van der Waals surface area contributed by atoms with Crippen LogP contribution in [-0.4, -0.2) is 34.7 Å². The van der Waals surface area contributed by atoms with Crippen molar-refractivity contribution in [2.45, 2.75) is 18.9 Å².